The lowest BCUT2D eigenvalue weighted by atomic mass is 9.86. The normalized spacial score (nSPS) is 24.2. The number of para-hydroxylation sites is 1. The molecule has 0 bridgehead atoms. The molecule has 6 aromatic rings. The highest BCUT2D eigenvalue weighted by Crippen LogP contribution is 2.47. The summed E-state index contributed by atoms with van der Waals surface area (Å²) in [6.45, 7) is 5.30. The molecule has 0 amide bonds. The van der Waals surface area contributed by atoms with Gasteiger partial charge in [0.05, 0.1) is 38.7 Å². The van der Waals surface area contributed by atoms with Crippen LogP contribution in [0.15, 0.2) is 146 Å². The zero-order valence-corrected chi connectivity index (χ0v) is 40.1. The highest BCUT2D eigenvalue weighted by molar-refractivity contribution is 5.85. The molecule has 0 unspecified atom stereocenters. The number of hydrogen-bond donors (Lipinski definition) is 1. The maximum Gasteiger partial charge on any atom is 0.303 e. The smallest absolute Gasteiger partial charge is 0.303 e. The first-order valence-electron chi connectivity index (χ1n) is 23.7. The van der Waals surface area contributed by atoms with Crippen molar-refractivity contribution >= 4 is 34.8 Å². The number of fused-ring (bicyclic) bond motifs is 1. The monoisotopic (exact) mass is 969 g/mol. The SMILES string of the molecule is CC(=O)OC[C@H]1O[C@@H](c2c([C@@H]3O[C@H](COCc4ccccc4)[C@@H](OCc4ccccc4)[C@H](OCc4ccccc4)[C@H]3OCc3ccccc3)[nH]c3ccccc23)[C@@H](OC(C)=O)[C@@H](OC(C)=O)[C@@H]1OC(C)=O. The Morgan fingerprint density at radius 1 is 0.437 bits per heavy atom. The summed E-state index contributed by atoms with van der Waals surface area (Å²) < 4.78 is 65.1. The van der Waals surface area contributed by atoms with E-state index in [1.165, 1.54) is 27.7 Å². The first kappa shape index (κ1) is 50.7. The Morgan fingerprint density at radius 3 is 1.41 bits per heavy atom. The van der Waals surface area contributed by atoms with E-state index in [1.54, 1.807) is 0 Å². The van der Waals surface area contributed by atoms with Crippen molar-refractivity contribution in [3.8, 4) is 0 Å². The molecule has 0 saturated carbocycles. The van der Waals surface area contributed by atoms with Crippen LogP contribution < -0.4 is 0 Å². The van der Waals surface area contributed by atoms with E-state index in [2.05, 4.69) is 4.98 Å². The minimum absolute atomic E-state index is 0.0655. The molecule has 1 N–H and O–H groups in total. The third-order valence-corrected chi connectivity index (χ3v) is 12.2. The minimum Gasteiger partial charge on any atom is -0.463 e. The number of aromatic nitrogens is 1. The second kappa shape index (κ2) is 24.4. The highest BCUT2D eigenvalue weighted by Gasteiger charge is 2.56. The van der Waals surface area contributed by atoms with Crippen LogP contribution in [0, 0.1) is 0 Å². The zero-order valence-electron chi connectivity index (χ0n) is 40.1. The van der Waals surface area contributed by atoms with E-state index in [-0.39, 0.29) is 33.0 Å². The molecule has 2 saturated heterocycles. The summed E-state index contributed by atoms with van der Waals surface area (Å²) in [6.07, 6.45) is -11.1. The molecule has 372 valence electrons. The number of H-pyrrole nitrogens is 1. The van der Waals surface area contributed by atoms with Gasteiger partial charge in [-0.15, -0.1) is 0 Å². The molecule has 8 rings (SSSR count). The molecule has 0 aliphatic carbocycles. The van der Waals surface area contributed by atoms with Gasteiger partial charge in [0.15, 0.2) is 18.3 Å². The van der Waals surface area contributed by atoms with Crippen LogP contribution in [0.2, 0.25) is 0 Å². The van der Waals surface area contributed by atoms with Crippen molar-refractivity contribution in [1.82, 2.24) is 4.98 Å². The lowest BCUT2D eigenvalue weighted by Crippen LogP contribution is -2.60. The number of esters is 4. The predicted molar refractivity (Wildman–Crippen MR) is 258 cm³/mol. The van der Waals surface area contributed by atoms with Crippen molar-refractivity contribution in [2.45, 2.75) is 115 Å². The van der Waals surface area contributed by atoms with Gasteiger partial charge in [-0.3, -0.25) is 19.2 Å². The van der Waals surface area contributed by atoms with Crippen LogP contribution in [0.3, 0.4) is 0 Å². The summed E-state index contributed by atoms with van der Waals surface area (Å²) in [7, 11) is 0. The van der Waals surface area contributed by atoms with Gasteiger partial charge in [0, 0.05) is 44.2 Å². The topological polar surface area (TPSA) is 176 Å². The number of carbonyl (C=O) groups is 4. The van der Waals surface area contributed by atoms with Crippen molar-refractivity contribution in [3.63, 3.8) is 0 Å². The van der Waals surface area contributed by atoms with Crippen LogP contribution in [0.25, 0.3) is 10.9 Å². The van der Waals surface area contributed by atoms with Gasteiger partial charge in [-0.25, -0.2) is 0 Å². The number of nitrogens with one attached hydrogen (secondary N) is 1. The zero-order chi connectivity index (χ0) is 49.7. The Balaban J connectivity index is 1.30. The van der Waals surface area contributed by atoms with Gasteiger partial charge in [0.2, 0.25) is 0 Å². The fourth-order valence-electron chi connectivity index (χ4n) is 9.20. The molecule has 1 aromatic heterocycles. The number of aromatic amines is 1. The second-order valence-electron chi connectivity index (χ2n) is 17.5. The van der Waals surface area contributed by atoms with Crippen LogP contribution in [-0.2, 0) is 93.0 Å². The Labute approximate surface area is 412 Å². The van der Waals surface area contributed by atoms with Gasteiger partial charge < -0.3 is 52.4 Å². The van der Waals surface area contributed by atoms with Gasteiger partial charge in [0.25, 0.3) is 0 Å². The molecule has 2 aliphatic rings. The number of ether oxygens (including phenoxy) is 10. The molecule has 15 heteroatoms. The Bertz CT molecular complexity index is 2660. The molecular weight excluding hydrogens is 911 g/mol. The van der Waals surface area contributed by atoms with E-state index in [0.29, 0.717) is 22.2 Å². The quantitative estimate of drug-likeness (QED) is 0.0570. The third kappa shape index (κ3) is 13.2. The maximum absolute atomic E-state index is 13.2. The van der Waals surface area contributed by atoms with E-state index in [9.17, 15) is 19.2 Å². The molecule has 2 fully saturated rings. The van der Waals surface area contributed by atoms with Crippen LogP contribution in [0.4, 0.5) is 0 Å². The van der Waals surface area contributed by atoms with Gasteiger partial charge in [0.1, 0.15) is 49.3 Å². The Morgan fingerprint density at radius 2 is 0.873 bits per heavy atom. The van der Waals surface area contributed by atoms with Crippen LogP contribution in [0.1, 0.15) is 73.4 Å². The van der Waals surface area contributed by atoms with E-state index in [4.69, 9.17) is 47.4 Å². The van der Waals surface area contributed by atoms with Crippen molar-refractivity contribution < 1.29 is 66.5 Å². The summed E-state index contributed by atoms with van der Waals surface area (Å²) in [5, 5.41) is 0.634. The predicted octanol–water partition coefficient (Wildman–Crippen LogP) is 8.38. The number of carbonyl (C=O) groups excluding carboxylic acids is 4. The molecule has 15 nitrogen and oxygen atoms in total. The molecule has 10 atom stereocenters. The average molecular weight is 970 g/mol. The molecule has 0 radical (unpaired) electrons. The van der Waals surface area contributed by atoms with Crippen molar-refractivity contribution in [1.29, 1.82) is 0 Å². The first-order valence-corrected chi connectivity index (χ1v) is 23.7. The summed E-state index contributed by atoms with van der Waals surface area (Å²) in [5.74, 6) is -2.86. The number of rotatable bonds is 20. The van der Waals surface area contributed by atoms with Gasteiger partial charge in [-0.05, 0) is 28.3 Å². The fraction of sp³-hybridized carbons (Fsp3) is 0.357. The summed E-state index contributed by atoms with van der Waals surface area (Å²) in [4.78, 5) is 54.8. The fourth-order valence-corrected chi connectivity index (χ4v) is 9.20. The summed E-state index contributed by atoms with van der Waals surface area (Å²) >= 11 is 0. The molecule has 5 aromatic carbocycles. The number of hydrogen-bond acceptors (Lipinski definition) is 14. The minimum atomic E-state index is -1.43. The molecule has 3 heterocycles. The number of benzene rings is 5. The summed E-state index contributed by atoms with van der Waals surface area (Å²) in [5.41, 5.74) is 5.25. The third-order valence-electron chi connectivity index (χ3n) is 12.2. The lowest BCUT2D eigenvalue weighted by Gasteiger charge is -2.47. The van der Waals surface area contributed by atoms with E-state index < -0.39 is 91.5 Å². The van der Waals surface area contributed by atoms with Crippen molar-refractivity contribution in [2.24, 2.45) is 0 Å². The largest absolute Gasteiger partial charge is 0.463 e. The molecular formula is C56H59NO14. The molecule has 2 aliphatic heterocycles. The van der Waals surface area contributed by atoms with Gasteiger partial charge in [-0.1, -0.05) is 140 Å². The van der Waals surface area contributed by atoms with Gasteiger partial charge >= 0.3 is 23.9 Å². The average Bonchev–Trinajstić information content (AvgIpc) is 3.75. The maximum atomic E-state index is 13.2. The molecule has 71 heavy (non-hydrogen) atoms. The summed E-state index contributed by atoms with van der Waals surface area (Å²) in [6, 6.07) is 46.6. The van der Waals surface area contributed by atoms with E-state index in [1.807, 2.05) is 146 Å². The molecule has 0 spiro atoms. The van der Waals surface area contributed by atoms with E-state index in [0.717, 1.165) is 22.3 Å². The second-order valence-corrected chi connectivity index (χ2v) is 17.5. The van der Waals surface area contributed by atoms with Crippen LogP contribution >= 0.6 is 0 Å². The van der Waals surface area contributed by atoms with Crippen molar-refractivity contribution in [2.75, 3.05) is 13.2 Å². The Hall–Kier alpha value is -6.72. The highest BCUT2D eigenvalue weighted by atomic mass is 16.7. The standard InChI is InChI=1S/C56H59NO14/c1-35(58)63-34-46-50(67-36(2)59)55(68-37(3)60)56(69-38(4)61)51(70-46)47-43-27-17-18-28-44(43)57-48(47)52-54(66-32-42-25-15-8-16-26-42)53(65-31-41-23-13-7-14-24-41)49(64-30-40-21-11-6-12-22-40)45(71-52)33-62-29-39-19-9-5-10-20-39/h5-28,45-46,49-57H,29-34H2,1-4H3/t45-,46-,49-,50-,51+,52+,53+,54+,55+,56-/m1/s1. The van der Waals surface area contributed by atoms with Crippen LogP contribution in [0.5, 0.6) is 0 Å². The van der Waals surface area contributed by atoms with Crippen molar-refractivity contribution in [3.05, 3.63) is 179 Å². The first-order chi connectivity index (χ1) is 34.5. The lowest BCUT2D eigenvalue weighted by molar-refractivity contribution is -0.276. The van der Waals surface area contributed by atoms with Gasteiger partial charge in [-0.2, -0.15) is 0 Å². The van der Waals surface area contributed by atoms with E-state index >= 15 is 0 Å². The van der Waals surface area contributed by atoms with Crippen LogP contribution in [-0.4, -0.2) is 90.9 Å². The Kier molecular flexibility index (Phi) is 17.4.